The molecule has 3 rings (SSSR count). The molecule has 2 aromatic carbocycles. The Kier molecular flexibility index (Phi) is 2.84. The van der Waals surface area contributed by atoms with Crippen LogP contribution in [0, 0.1) is 5.82 Å². The first-order valence-corrected chi connectivity index (χ1v) is 6.10. The van der Waals surface area contributed by atoms with E-state index in [9.17, 15) is 9.18 Å². The zero-order valence-electron chi connectivity index (χ0n) is 9.78. The van der Waals surface area contributed by atoms with Gasteiger partial charge in [0.05, 0.1) is 5.69 Å². The fraction of sp³-hybridized carbons (Fsp3) is 0. The fourth-order valence-corrected chi connectivity index (χ4v) is 2.23. The lowest BCUT2D eigenvalue weighted by molar-refractivity contribution is -0.110. The number of anilines is 1. The van der Waals surface area contributed by atoms with Crippen LogP contribution in [-0.4, -0.2) is 5.91 Å². The molecule has 0 aromatic heterocycles. The third kappa shape index (κ3) is 2.13. The van der Waals surface area contributed by atoms with Crippen LogP contribution >= 0.6 is 11.6 Å². The first-order valence-electron chi connectivity index (χ1n) is 5.72. The number of hydrogen-bond donors (Lipinski definition) is 1. The van der Waals surface area contributed by atoms with Crippen molar-refractivity contribution in [1.82, 2.24) is 0 Å². The summed E-state index contributed by atoms with van der Waals surface area (Å²) >= 11 is 5.87. The summed E-state index contributed by atoms with van der Waals surface area (Å²) in [6, 6.07) is 11.5. The smallest absolute Gasteiger partial charge is 0.256 e. The van der Waals surface area contributed by atoms with Crippen molar-refractivity contribution in [2.45, 2.75) is 0 Å². The minimum atomic E-state index is -0.356. The average molecular weight is 274 g/mol. The highest BCUT2D eigenvalue weighted by molar-refractivity contribution is 6.36. The summed E-state index contributed by atoms with van der Waals surface area (Å²) < 4.78 is 13.6. The second kappa shape index (κ2) is 4.52. The maximum Gasteiger partial charge on any atom is 0.256 e. The van der Waals surface area contributed by atoms with E-state index in [1.807, 2.05) is 0 Å². The molecule has 1 aliphatic rings. The van der Waals surface area contributed by atoms with Gasteiger partial charge in [0.1, 0.15) is 5.82 Å². The van der Waals surface area contributed by atoms with Crippen molar-refractivity contribution in [2.24, 2.45) is 0 Å². The van der Waals surface area contributed by atoms with Crippen molar-refractivity contribution in [3.63, 3.8) is 0 Å². The van der Waals surface area contributed by atoms with Crippen LogP contribution in [0.2, 0.25) is 5.02 Å². The van der Waals surface area contributed by atoms with Crippen LogP contribution in [0.25, 0.3) is 11.6 Å². The number of amides is 1. The number of carbonyl (C=O) groups is 1. The molecule has 0 radical (unpaired) electrons. The molecule has 0 aliphatic carbocycles. The van der Waals surface area contributed by atoms with Gasteiger partial charge in [-0.25, -0.2) is 4.39 Å². The maximum absolute atomic E-state index is 13.6. The first kappa shape index (κ1) is 11.9. The van der Waals surface area contributed by atoms with Gasteiger partial charge >= 0.3 is 0 Å². The minimum absolute atomic E-state index is 0.250. The second-order valence-corrected chi connectivity index (χ2v) is 4.66. The number of hydrogen-bond acceptors (Lipinski definition) is 1. The first-order chi connectivity index (χ1) is 9.15. The number of carbonyl (C=O) groups excluding carboxylic acids is 1. The van der Waals surface area contributed by atoms with Gasteiger partial charge in [0.2, 0.25) is 0 Å². The van der Waals surface area contributed by atoms with E-state index in [0.717, 1.165) is 5.56 Å². The SMILES string of the molecule is O=C1Nc2cc(Cl)ccc2C1=Cc1ccccc1F. The molecule has 2 aromatic rings. The molecular weight excluding hydrogens is 265 g/mol. The van der Waals surface area contributed by atoms with Crippen molar-refractivity contribution in [2.75, 3.05) is 5.32 Å². The highest BCUT2D eigenvalue weighted by atomic mass is 35.5. The van der Waals surface area contributed by atoms with Crippen LogP contribution in [0.4, 0.5) is 10.1 Å². The monoisotopic (exact) mass is 273 g/mol. The van der Waals surface area contributed by atoms with Crippen LogP contribution in [0.1, 0.15) is 11.1 Å². The normalized spacial score (nSPS) is 15.5. The van der Waals surface area contributed by atoms with Crippen LogP contribution in [0.3, 0.4) is 0 Å². The maximum atomic E-state index is 13.6. The van der Waals surface area contributed by atoms with Crippen molar-refractivity contribution in [3.05, 3.63) is 64.4 Å². The molecule has 19 heavy (non-hydrogen) atoms. The van der Waals surface area contributed by atoms with Crippen LogP contribution in [0.5, 0.6) is 0 Å². The molecule has 0 bridgehead atoms. The quantitative estimate of drug-likeness (QED) is 0.783. The van der Waals surface area contributed by atoms with Crippen molar-refractivity contribution in [3.8, 4) is 0 Å². The van der Waals surface area contributed by atoms with E-state index < -0.39 is 0 Å². The minimum Gasteiger partial charge on any atom is -0.321 e. The van der Waals surface area contributed by atoms with Gasteiger partial charge in [-0.05, 0) is 24.3 Å². The highest BCUT2D eigenvalue weighted by Crippen LogP contribution is 2.35. The van der Waals surface area contributed by atoms with Gasteiger partial charge in [0, 0.05) is 21.7 Å². The Labute approximate surface area is 114 Å². The Bertz CT molecular complexity index is 709. The summed E-state index contributed by atoms with van der Waals surface area (Å²) in [4.78, 5) is 11.9. The van der Waals surface area contributed by atoms with E-state index in [2.05, 4.69) is 5.32 Å². The van der Waals surface area contributed by atoms with E-state index in [0.29, 0.717) is 21.8 Å². The number of benzene rings is 2. The topological polar surface area (TPSA) is 29.1 Å². The van der Waals surface area contributed by atoms with E-state index in [1.54, 1.807) is 42.5 Å². The van der Waals surface area contributed by atoms with Gasteiger partial charge in [-0.2, -0.15) is 0 Å². The average Bonchev–Trinajstić information content (AvgIpc) is 2.68. The molecule has 2 nitrogen and oxygen atoms in total. The lowest BCUT2D eigenvalue weighted by atomic mass is 10.0. The molecule has 94 valence electrons. The molecule has 0 saturated carbocycles. The molecule has 0 unspecified atom stereocenters. The summed E-state index contributed by atoms with van der Waals surface area (Å²) in [5.41, 5.74) is 2.21. The Balaban J connectivity index is 2.12. The molecule has 0 fully saturated rings. The molecule has 1 N–H and O–H groups in total. The third-order valence-electron chi connectivity index (χ3n) is 2.97. The Hall–Kier alpha value is -2.13. The van der Waals surface area contributed by atoms with E-state index in [-0.39, 0.29) is 11.7 Å². The predicted molar refractivity (Wildman–Crippen MR) is 74.4 cm³/mol. The highest BCUT2D eigenvalue weighted by Gasteiger charge is 2.24. The number of rotatable bonds is 1. The molecular formula is C15H9ClFNO. The fourth-order valence-electron chi connectivity index (χ4n) is 2.06. The predicted octanol–water partition coefficient (Wildman–Crippen LogP) is 3.97. The molecule has 4 heteroatoms. The summed E-state index contributed by atoms with van der Waals surface area (Å²) in [5, 5.41) is 3.26. The Morgan fingerprint density at radius 1 is 1.16 bits per heavy atom. The molecule has 0 saturated heterocycles. The summed E-state index contributed by atoms with van der Waals surface area (Å²) in [6.45, 7) is 0. The lowest BCUT2D eigenvalue weighted by Crippen LogP contribution is -2.03. The van der Waals surface area contributed by atoms with Crippen LogP contribution < -0.4 is 5.32 Å². The van der Waals surface area contributed by atoms with E-state index in [1.165, 1.54) is 6.07 Å². The summed E-state index contributed by atoms with van der Waals surface area (Å²) in [7, 11) is 0. The van der Waals surface area contributed by atoms with Crippen molar-refractivity contribution < 1.29 is 9.18 Å². The van der Waals surface area contributed by atoms with Gasteiger partial charge in [0.15, 0.2) is 0 Å². The standard InChI is InChI=1S/C15H9ClFNO/c16-10-5-6-11-12(15(19)18-14(11)8-10)7-9-3-1-2-4-13(9)17/h1-8H,(H,18,19). The summed E-state index contributed by atoms with van der Waals surface area (Å²) in [5.74, 6) is -0.606. The van der Waals surface area contributed by atoms with Crippen molar-refractivity contribution >= 4 is 34.8 Å². The molecule has 1 amide bonds. The van der Waals surface area contributed by atoms with E-state index >= 15 is 0 Å². The molecule has 1 heterocycles. The molecule has 0 spiro atoms. The van der Waals surface area contributed by atoms with Gasteiger partial charge < -0.3 is 5.32 Å². The van der Waals surface area contributed by atoms with Gasteiger partial charge in [0.25, 0.3) is 5.91 Å². The van der Waals surface area contributed by atoms with Crippen molar-refractivity contribution in [1.29, 1.82) is 0 Å². The lowest BCUT2D eigenvalue weighted by Gasteiger charge is -2.00. The van der Waals surface area contributed by atoms with Gasteiger partial charge in [-0.3, -0.25) is 4.79 Å². The van der Waals surface area contributed by atoms with Gasteiger partial charge in [-0.15, -0.1) is 0 Å². The number of halogens is 2. The second-order valence-electron chi connectivity index (χ2n) is 4.22. The molecule has 1 aliphatic heterocycles. The van der Waals surface area contributed by atoms with Gasteiger partial charge in [-0.1, -0.05) is 35.9 Å². The van der Waals surface area contributed by atoms with E-state index in [4.69, 9.17) is 11.6 Å². The summed E-state index contributed by atoms with van der Waals surface area (Å²) in [6.07, 6.45) is 1.55. The van der Waals surface area contributed by atoms with Crippen LogP contribution in [-0.2, 0) is 4.79 Å². The number of fused-ring (bicyclic) bond motifs is 1. The van der Waals surface area contributed by atoms with Crippen LogP contribution in [0.15, 0.2) is 42.5 Å². The molecule has 0 atom stereocenters. The number of nitrogens with one attached hydrogen (secondary N) is 1. The Morgan fingerprint density at radius 3 is 2.74 bits per heavy atom. The Morgan fingerprint density at radius 2 is 1.95 bits per heavy atom. The zero-order valence-corrected chi connectivity index (χ0v) is 10.5. The largest absolute Gasteiger partial charge is 0.321 e. The zero-order chi connectivity index (χ0) is 13.4. The third-order valence-corrected chi connectivity index (χ3v) is 3.20.